The van der Waals surface area contributed by atoms with Gasteiger partial charge in [0.1, 0.15) is 43.2 Å². The van der Waals surface area contributed by atoms with Crippen LogP contribution >= 0.6 is 7.92 Å². The highest BCUT2D eigenvalue weighted by Crippen LogP contribution is 2.37. The first-order valence-corrected chi connectivity index (χ1v) is 25.9. The lowest BCUT2D eigenvalue weighted by molar-refractivity contribution is -0.355. The number of aliphatic imine (C=N–C) groups is 1. The van der Waals surface area contributed by atoms with Gasteiger partial charge in [-0.05, 0) is 40.5 Å². The second-order valence-electron chi connectivity index (χ2n) is 17.7. The van der Waals surface area contributed by atoms with Crippen molar-refractivity contribution in [2.45, 2.75) is 102 Å². The van der Waals surface area contributed by atoms with E-state index < -0.39 is 93.8 Å². The number of hydrogen-bond acceptors (Lipinski definition) is 14. The van der Waals surface area contributed by atoms with Gasteiger partial charge in [-0.25, -0.2) is 0 Å². The van der Waals surface area contributed by atoms with Gasteiger partial charge in [0, 0.05) is 39.7 Å². The van der Waals surface area contributed by atoms with Crippen LogP contribution in [-0.2, 0) is 81.6 Å². The van der Waals surface area contributed by atoms with Crippen molar-refractivity contribution in [3.63, 3.8) is 0 Å². The third kappa shape index (κ3) is 14.6. The van der Waals surface area contributed by atoms with Crippen LogP contribution in [0.3, 0.4) is 0 Å². The van der Waals surface area contributed by atoms with Gasteiger partial charge in [-0.3, -0.25) is 19.4 Å². The lowest BCUT2D eigenvalue weighted by Crippen LogP contribution is -2.66. The van der Waals surface area contributed by atoms with E-state index in [0.29, 0.717) is 0 Å². The minimum absolute atomic E-state index is 0.00705. The highest BCUT2D eigenvalue weighted by molar-refractivity contribution is 7.80. The molecule has 74 heavy (non-hydrogen) atoms. The molecule has 14 nitrogen and oxygen atoms in total. The van der Waals surface area contributed by atoms with Gasteiger partial charge in [0.2, 0.25) is 0 Å². The van der Waals surface area contributed by atoms with Crippen LogP contribution in [-0.4, -0.2) is 106 Å². The van der Waals surface area contributed by atoms with Crippen molar-refractivity contribution in [3.05, 3.63) is 198 Å². The number of hydrogen-bond donors (Lipinski definition) is 0. The molecule has 0 bridgehead atoms. The topological polar surface area (TPSA) is 156 Å². The molecule has 6 aromatic carbocycles. The maximum atomic E-state index is 13.3. The smallest absolute Gasteiger partial charge is 0.303 e. The molecule has 2 saturated heterocycles. The Balaban J connectivity index is 1.24. The molecule has 0 N–H and O–H groups in total. The fraction of sp³-hybridized carbons (Fsp3) is 0.322. The number of carbonyl (C=O) groups excluding carboxylic acids is 3. The summed E-state index contributed by atoms with van der Waals surface area (Å²) in [4.78, 5) is 43.9. The number of carbonyl (C=O) groups is 3. The summed E-state index contributed by atoms with van der Waals surface area (Å²) in [6.07, 6.45) is -8.34. The van der Waals surface area contributed by atoms with E-state index in [4.69, 9.17) is 52.4 Å². The Bertz CT molecular complexity index is 2660. The highest BCUT2D eigenvalue weighted by Gasteiger charge is 2.55. The summed E-state index contributed by atoms with van der Waals surface area (Å²) in [7, 11) is 0.431. The molecule has 2 heterocycles. The SMILES string of the molecule is CO[C@H]1O[C@H](COCc2ccccc2)[C@@H](O[C@@H]2O[C@H](COC(C)=O)[C@@H](OC(C)=O)[C@H](OC(C)=O)[C@H]2N=Cc2ccccc2P(c2ccccc2)c2ccccc2)[C@H](OCc2ccccc2)[C@H]1OCc1ccccc1. The number of benzene rings is 6. The predicted molar refractivity (Wildman–Crippen MR) is 280 cm³/mol. The molecule has 0 aliphatic carbocycles. The van der Waals surface area contributed by atoms with Crippen LogP contribution in [0.4, 0.5) is 0 Å². The zero-order chi connectivity index (χ0) is 51.7. The van der Waals surface area contributed by atoms with E-state index in [1.165, 1.54) is 27.9 Å². The van der Waals surface area contributed by atoms with Gasteiger partial charge < -0.3 is 47.4 Å². The zero-order valence-corrected chi connectivity index (χ0v) is 42.7. The van der Waals surface area contributed by atoms with Gasteiger partial charge >= 0.3 is 17.9 Å². The third-order valence-corrected chi connectivity index (χ3v) is 14.9. The van der Waals surface area contributed by atoms with Crippen LogP contribution in [0.15, 0.2) is 181 Å². The van der Waals surface area contributed by atoms with Crippen molar-refractivity contribution < 1.29 is 61.8 Å². The van der Waals surface area contributed by atoms with Crippen LogP contribution in [0.5, 0.6) is 0 Å². The minimum Gasteiger partial charge on any atom is -0.463 e. The first-order valence-electron chi connectivity index (χ1n) is 24.6. The summed E-state index contributed by atoms with van der Waals surface area (Å²) in [5.74, 6) is -2.00. The quantitative estimate of drug-likeness (QED) is 0.0285. The highest BCUT2D eigenvalue weighted by atomic mass is 31.1. The van der Waals surface area contributed by atoms with Crippen molar-refractivity contribution in [1.82, 2.24) is 0 Å². The first-order chi connectivity index (χ1) is 36.1. The number of methoxy groups -OCH3 is 1. The monoisotopic (exact) mass is 1020 g/mol. The van der Waals surface area contributed by atoms with Gasteiger partial charge in [-0.1, -0.05) is 176 Å². The average molecular weight is 1020 g/mol. The fourth-order valence-electron chi connectivity index (χ4n) is 8.99. The Labute approximate surface area is 433 Å². The Hall–Kier alpha value is -6.45. The molecule has 6 aromatic rings. The van der Waals surface area contributed by atoms with Crippen LogP contribution < -0.4 is 15.9 Å². The van der Waals surface area contributed by atoms with E-state index in [2.05, 4.69) is 30.3 Å². The fourth-order valence-corrected chi connectivity index (χ4v) is 11.4. The lowest BCUT2D eigenvalue weighted by atomic mass is 9.95. The van der Waals surface area contributed by atoms with E-state index in [-0.39, 0.29) is 26.4 Å². The van der Waals surface area contributed by atoms with E-state index in [9.17, 15) is 14.4 Å². The van der Waals surface area contributed by atoms with E-state index in [1.807, 2.05) is 146 Å². The van der Waals surface area contributed by atoms with Crippen molar-refractivity contribution >= 4 is 48.0 Å². The summed E-state index contributed by atoms with van der Waals surface area (Å²) < 4.78 is 64.6. The van der Waals surface area contributed by atoms with Crippen molar-refractivity contribution in [2.75, 3.05) is 20.3 Å². The molecule has 10 atom stereocenters. The van der Waals surface area contributed by atoms with Crippen LogP contribution in [0, 0.1) is 0 Å². The van der Waals surface area contributed by atoms with Crippen molar-refractivity contribution in [2.24, 2.45) is 4.99 Å². The molecule has 0 unspecified atom stereocenters. The molecule has 386 valence electrons. The molecular formula is C59H62NO13P. The minimum atomic E-state index is -1.41. The molecule has 0 radical (unpaired) electrons. The number of rotatable bonds is 22. The molecule has 0 aromatic heterocycles. The largest absolute Gasteiger partial charge is 0.463 e. The number of ether oxygens (including phenoxy) is 10. The molecule has 0 amide bonds. The second kappa shape index (κ2) is 27.2. The molecule has 2 fully saturated rings. The summed E-state index contributed by atoms with van der Waals surface area (Å²) in [5, 5.41) is 3.24. The Kier molecular flexibility index (Phi) is 19.8. The van der Waals surface area contributed by atoms with E-state index >= 15 is 0 Å². The van der Waals surface area contributed by atoms with Crippen molar-refractivity contribution in [1.29, 1.82) is 0 Å². The predicted octanol–water partition coefficient (Wildman–Crippen LogP) is 7.53. The first kappa shape index (κ1) is 53.8. The molecule has 8 rings (SSSR count). The van der Waals surface area contributed by atoms with Crippen molar-refractivity contribution in [3.8, 4) is 0 Å². The zero-order valence-electron chi connectivity index (χ0n) is 41.8. The average Bonchev–Trinajstić information content (AvgIpc) is 3.42. The molecule has 0 spiro atoms. The van der Waals surface area contributed by atoms with Crippen LogP contribution in [0.2, 0.25) is 0 Å². The van der Waals surface area contributed by atoms with Gasteiger partial charge in [0.25, 0.3) is 0 Å². The molecular weight excluding hydrogens is 962 g/mol. The second-order valence-corrected chi connectivity index (χ2v) is 19.9. The van der Waals surface area contributed by atoms with Gasteiger partial charge in [-0.2, -0.15) is 0 Å². The van der Waals surface area contributed by atoms with E-state index in [1.54, 1.807) is 6.21 Å². The summed E-state index contributed by atoms with van der Waals surface area (Å²) in [6.45, 7) is 3.90. The maximum Gasteiger partial charge on any atom is 0.303 e. The van der Waals surface area contributed by atoms with Gasteiger partial charge in [0.05, 0.1) is 26.4 Å². The van der Waals surface area contributed by atoms with Gasteiger partial charge in [-0.15, -0.1) is 0 Å². The number of esters is 3. The summed E-state index contributed by atoms with van der Waals surface area (Å²) >= 11 is 0. The van der Waals surface area contributed by atoms with Gasteiger partial charge in [0.15, 0.2) is 24.8 Å². The van der Waals surface area contributed by atoms with E-state index in [0.717, 1.165) is 38.2 Å². The molecule has 2 aliphatic rings. The maximum absolute atomic E-state index is 13.3. The Morgan fingerprint density at radius 3 is 1.53 bits per heavy atom. The summed E-state index contributed by atoms with van der Waals surface area (Å²) in [6, 6.07) is 56.4. The standard InChI is InChI=1S/C59H62NO13P/c1-40(61)66-39-50-53(69-41(2)62)55(70-42(3)63)52(60-34-46-28-20-21-33-51(46)74(47-29-16-8-17-30-47)48-31-18-9-19-32-48)58(71-50)73-54-49(38-65-35-43-22-10-5-11-23-43)72-59(64-4)57(68-37-45-26-14-7-15-27-45)56(54)67-36-44-24-12-6-13-25-44/h5-34,49-50,52-59H,35-39H2,1-4H3/t49-,50-,52-,53-,54-,55-,56+,57-,58+,59+/m1/s1. The summed E-state index contributed by atoms with van der Waals surface area (Å²) in [5.41, 5.74) is 3.49. The third-order valence-electron chi connectivity index (χ3n) is 12.3. The molecule has 2 aliphatic heterocycles. The Morgan fingerprint density at radius 2 is 0.986 bits per heavy atom. The Morgan fingerprint density at radius 1 is 0.514 bits per heavy atom. The lowest BCUT2D eigenvalue weighted by Gasteiger charge is -2.49. The van der Waals surface area contributed by atoms with Crippen LogP contribution in [0.1, 0.15) is 43.0 Å². The normalized spacial score (nSPS) is 23.8. The molecule has 0 saturated carbocycles. The number of nitrogens with zero attached hydrogens (tertiary/aromatic N) is 1. The van der Waals surface area contributed by atoms with Crippen LogP contribution in [0.25, 0.3) is 0 Å². The molecule has 15 heteroatoms.